The Bertz CT molecular complexity index is 1210. The summed E-state index contributed by atoms with van der Waals surface area (Å²) in [5.41, 5.74) is 2.06. The molecule has 1 fully saturated rings. The van der Waals surface area contributed by atoms with Gasteiger partial charge < -0.3 is 4.90 Å². The van der Waals surface area contributed by atoms with Crippen molar-refractivity contribution in [2.45, 2.75) is 6.42 Å². The molecular weight excluding hydrogens is 620 g/mol. The summed E-state index contributed by atoms with van der Waals surface area (Å²) in [6, 6.07) is 17.5. The van der Waals surface area contributed by atoms with E-state index in [-0.39, 0.29) is 28.9 Å². The molecule has 1 amide bonds. The smallest absolute Gasteiger partial charge is 0.255 e. The van der Waals surface area contributed by atoms with Gasteiger partial charge >= 0.3 is 0 Å². The van der Waals surface area contributed by atoms with Crippen LogP contribution in [0.15, 0.2) is 60.7 Å². The number of benzene rings is 3. The van der Waals surface area contributed by atoms with E-state index in [0.29, 0.717) is 33.7 Å². The molecule has 0 atom stereocenters. The van der Waals surface area contributed by atoms with Gasteiger partial charge in [-0.25, -0.2) is 0 Å². The molecule has 1 heterocycles. The van der Waals surface area contributed by atoms with Crippen LogP contribution in [-0.4, -0.2) is 53.7 Å². The molecule has 0 aromatic heterocycles. The van der Waals surface area contributed by atoms with Crippen molar-refractivity contribution in [1.82, 2.24) is 9.80 Å². The maximum Gasteiger partial charge on any atom is 0.255 e. The molecular formula is C26H23Cl7N2O2. The molecule has 3 aromatic rings. The lowest BCUT2D eigenvalue weighted by molar-refractivity contribution is 0.0638. The van der Waals surface area contributed by atoms with Crippen molar-refractivity contribution in [3.8, 4) is 0 Å². The van der Waals surface area contributed by atoms with Gasteiger partial charge in [-0.1, -0.05) is 70.1 Å². The van der Waals surface area contributed by atoms with E-state index in [2.05, 4.69) is 17.0 Å². The Morgan fingerprint density at radius 3 is 1.65 bits per heavy atom. The van der Waals surface area contributed by atoms with Crippen molar-refractivity contribution in [1.29, 1.82) is 0 Å². The molecule has 3 aromatic carbocycles. The summed E-state index contributed by atoms with van der Waals surface area (Å²) < 4.78 is 0. The summed E-state index contributed by atoms with van der Waals surface area (Å²) in [5, 5.41) is 1.88. The fourth-order valence-electron chi connectivity index (χ4n) is 3.59. The van der Waals surface area contributed by atoms with Gasteiger partial charge in [0.2, 0.25) is 0 Å². The summed E-state index contributed by atoms with van der Waals surface area (Å²) in [5.74, 6) is -0.0287. The van der Waals surface area contributed by atoms with Crippen LogP contribution in [0.3, 0.4) is 0 Å². The van der Waals surface area contributed by atoms with Crippen LogP contribution >= 0.6 is 82.0 Å². The van der Waals surface area contributed by atoms with Gasteiger partial charge in [0.05, 0.1) is 21.2 Å². The number of carbonyl (C=O) groups excluding carboxylic acids is 2. The molecule has 4 nitrogen and oxygen atoms in total. The Labute approximate surface area is 252 Å². The number of amides is 1. The molecule has 0 aliphatic carbocycles. The number of carbonyl (C=O) groups is 2. The second kappa shape index (κ2) is 15.4. The molecule has 4 rings (SSSR count). The summed E-state index contributed by atoms with van der Waals surface area (Å²) in [7, 11) is 0. The Hall–Kier alpha value is -1.21. The highest BCUT2D eigenvalue weighted by molar-refractivity contribution is 6.68. The lowest BCUT2D eigenvalue weighted by Gasteiger charge is -2.35. The van der Waals surface area contributed by atoms with Crippen LogP contribution in [0, 0.1) is 0 Å². The summed E-state index contributed by atoms with van der Waals surface area (Å²) in [6.45, 7) is 4.12. The van der Waals surface area contributed by atoms with E-state index in [9.17, 15) is 9.59 Å². The van der Waals surface area contributed by atoms with Crippen LogP contribution in [-0.2, 0) is 6.42 Å². The van der Waals surface area contributed by atoms with Crippen molar-refractivity contribution in [3.63, 3.8) is 0 Å². The van der Waals surface area contributed by atoms with E-state index in [4.69, 9.17) is 69.6 Å². The van der Waals surface area contributed by atoms with Gasteiger partial charge in [0.25, 0.3) is 11.1 Å². The molecule has 0 unspecified atom stereocenters. The maximum absolute atomic E-state index is 12.6. The third kappa shape index (κ3) is 9.80. The Morgan fingerprint density at radius 1 is 0.676 bits per heavy atom. The quantitative estimate of drug-likeness (QED) is 0.262. The van der Waals surface area contributed by atoms with Crippen molar-refractivity contribution in [2.24, 2.45) is 0 Å². The van der Waals surface area contributed by atoms with E-state index >= 15 is 0 Å². The molecule has 0 radical (unpaired) electrons. The number of hydrogen-bond acceptors (Lipinski definition) is 3. The standard InChI is InChI=1S/C19H19Cl3N2O.C7H3Cl3O.ClH/c20-15-3-1-14(2-4-15)7-8-23-9-11-24(12-10-23)19(25)17-6-5-16(21)13-18(17)22;8-4-1-2-5(7(10)11)6(9)3-4;/h1-6,13H,7-12H2;1-3H;1H. The van der Waals surface area contributed by atoms with E-state index in [1.54, 1.807) is 24.3 Å². The third-order valence-corrected chi connectivity index (χ3v) is 7.15. The Balaban J connectivity index is 0.000000339. The average Bonchev–Trinajstić information content (AvgIpc) is 2.84. The molecule has 0 saturated carbocycles. The van der Waals surface area contributed by atoms with Crippen LogP contribution in [0.4, 0.5) is 0 Å². The summed E-state index contributed by atoms with van der Waals surface area (Å²) >= 11 is 34.4. The number of halogens is 7. The van der Waals surface area contributed by atoms with Crippen LogP contribution < -0.4 is 0 Å². The number of nitrogens with zero attached hydrogens (tertiary/aromatic N) is 2. The fourth-order valence-corrected chi connectivity index (χ4v) is 4.92. The Kier molecular flexibility index (Phi) is 13.3. The molecule has 0 bridgehead atoms. The SMILES string of the molecule is Cl.O=C(Cl)c1ccc(Cl)cc1Cl.O=C(c1ccc(Cl)cc1Cl)N1CCN(CCc2ccc(Cl)cc2)CC1. The maximum atomic E-state index is 12.6. The second-order valence-electron chi connectivity index (χ2n) is 8.03. The predicted octanol–water partition coefficient (Wildman–Crippen LogP) is 8.44. The van der Waals surface area contributed by atoms with E-state index < -0.39 is 5.24 Å². The zero-order valence-corrected chi connectivity index (χ0v) is 24.8. The minimum absolute atomic E-state index is 0. The second-order valence-corrected chi connectivity index (χ2v) is 10.5. The van der Waals surface area contributed by atoms with Crippen LogP contribution in [0.1, 0.15) is 26.3 Å². The average molecular weight is 644 g/mol. The monoisotopic (exact) mass is 640 g/mol. The van der Waals surface area contributed by atoms with Crippen molar-refractivity contribution in [2.75, 3.05) is 32.7 Å². The van der Waals surface area contributed by atoms with Gasteiger partial charge in [0.15, 0.2) is 0 Å². The first kappa shape index (κ1) is 32.0. The first-order chi connectivity index (χ1) is 17.1. The number of piperazine rings is 1. The molecule has 0 N–H and O–H groups in total. The molecule has 198 valence electrons. The van der Waals surface area contributed by atoms with Crippen LogP contribution in [0.2, 0.25) is 25.1 Å². The molecule has 0 spiro atoms. The van der Waals surface area contributed by atoms with Crippen LogP contribution in [0.25, 0.3) is 0 Å². The minimum atomic E-state index is -0.577. The number of rotatable bonds is 5. The Morgan fingerprint density at radius 2 is 1.16 bits per heavy atom. The van der Waals surface area contributed by atoms with Gasteiger partial charge in [0.1, 0.15) is 0 Å². The number of hydrogen-bond donors (Lipinski definition) is 0. The van der Waals surface area contributed by atoms with Gasteiger partial charge in [0, 0.05) is 47.8 Å². The van der Waals surface area contributed by atoms with Gasteiger partial charge in [-0.2, -0.15) is 0 Å². The van der Waals surface area contributed by atoms with E-state index in [0.717, 1.165) is 31.1 Å². The molecule has 1 aliphatic heterocycles. The van der Waals surface area contributed by atoms with E-state index in [1.165, 1.54) is 17.7 Å². The normalized spacial score (nSPS) is 13.3. The first-order valence-corrected chi connectivity index (χ1v) is 13.3. The fraction of sp³-hybridized carbons (Fsp3) is 0.231. The van der Waals surface area contributed by atoms with Gasteiger partial charge in [-0.3, -0.25) is 14.5 Å². The molecule has 37 heavy (non-hydrogen) atoms. The largest absolute Gasteiger partial charge is 0.336 e. The highest BCUT2D eigenvalue weighted by Gasteiger charge is 2.23. The third-order valence-electron chi connectivity index (χ3n) is 5.59. The highest BCUT2D eigenvalue weighted by atomic mass is 35.5. The molecule has 1 aliphatic rings. The highest BCUT2D eigenvalue weighted by Crippen LogP contribution is 2.23. The van der Waals surface area contributed by atoms with Gasteiger partial charge in [-0.05, 0) is 72.1 Å². The lowest BCUT2D eigenvalue weighted by atomic mass is 10.1. The van der Waals surface area contributed by atoms with Crippen LogP contribution in [0.5, 0.6) is 0 Å². The topological polar surface area (TPSA) is 40.6 Å². The summed E-state index contributed by atoms with van der Waals surface area (Å²) in [4.78, 5) is 27.5. The lowest BCUT2D eigenvalue weighted by Crippen LogP contribution is -2.49. The molecule has 1 saturated heterocycles. The van der Waals surface area contributed by atoms with Crippen molar-refractivity contribution >= 4 is 93.2 Å². The minimum Gasteiger partial charge on any atom is -0.336 e. The van der Waals surface area contributed by atoms with Crippen molar-refractivity contribution < 1.29 is 9.59 Å². The first-order valence-electron chi connectivity index (χ1n) is 11.0. The van der Waals surface area contributed by atoms with Crippen molar-refractivity contribution in [3.05, 3.63) is 102 Å². The zero-order chi connectivity index (χ0) is 26.2. The predicted molar refractivity (Wildman–Crippen MR) is 158 cm³/mol. The summed E-state index contributed by atoms with van der Waals surface area (Å²) in [6.07, 6.45) is 0.980. The van der Waals surface area contributed by atoms with Gasteiger partial charge in [-0.15, -0.1) is 12.4 Å². The molecule has 11 heteroatoms. The van der Waals surface area contributed by atoms with E-state index in [1.807, 2.05) is 17.0 Å². The zero-order valence-electron chi connectivity index (χ0n) is 19.4.